The Morgan fingerprint density at radius 1 is 0.696 bits per heavy atom. The summed E-state index contributed by atoms with van der Waals surface area (Å²) in [7, 11) is 0. The van der Waals surface area contributed by atoms with E-state index in [2.05, 4.69) is 60.0 Å². The normalized spacial score (nSPS) is 11.5. The van der Waals surface area contributed by atoms with Gasteiger partial charge >= 0.3 is 0 Å². The molecule has 23 heavy (non-hydrogen) atoms. The van der Waals surface area contributed by atoms with Crippen LogP contribution in [-0.4, -0.2) is 15.0 Å². The third-order valence-electron chi connectivity index (χ3n) is 3.53. The second-order valence-corrected chi connectivity index (χ2v) is 6.78. The summed E-state index contributed by atoms with van der Waals surface area (Å²) in [5.41, 5.74) is 3.10. The molecule has 0 aliphatic carbocycles. The van der Waals surface area contributed by atoms with Crippen LogP contribution in [0.2, 0.25) is 5.28 Å². The molecule has 0 unspecified atom stereocenters. The van der Waals surface area contributed by atoms with Crippen molar-refractivity contribution < 1.29 is 0 Å². The van der Waals surface area contributed by atoms with Crippen LogP contribution < -0.4 is 0 Å². The quantitative estimate of drug-likeness (QED) is 0.654. The van der Waals surface area contributed by atoms with E-state index in [-0.39, 0.29) is 10.7 Å². The number of halogens is 1. The molecule has 3 aromatic rings. The Labute approximate surface area is 141 Å². The van der Waals surface area contributed by atoms with Crippen molar-refractivity contribution in [1.29, 1.82) is 0 Å². The van der Waals surface area contributed by atoms with Crippen molar-refractivity contribution in [3.8, 4) is 22.5 Å². The molecule has 3 nitrogen and oxygen atoms in total. The van der Waals surface area contributed by atoms with Gasteiger partial charge in [0, 0.05) is 11.0 Å². The average Bonchev–Trinajstić information content (AvgIpc) is 2.54. The number of rotatable bonds is 2. The van der Waals surface area contributed by atoms with Crippen LogP contribution in [0.3, 0.4) is 0 Å². The second kappa shape index (κ2) is 6.09. The molecule has 0 aliphatic rings. The van der Waals surface area contributed by atoms with Gasteiger partial charge in [-0.05, 0) is 22.7 Å². The van der Waals surface area contributed by atoms with Gasteiger partial charge in [0.1, 0.15) is 5.82 Å². The third kappa shape index (κ3) is 3.57. The maximum absolute atomic E-state index is 6.07. The summed E-state index contributed by atoms with van der Waals surface area (Å²) >= 11 is 6.07. The van der Waals surface area contributed by atoms with Crippen molar-refractivity contribution >= 4 is 11.6 Å². The van der Waals surface area contributed by atoms with E-state index in [0.29, 0.717) is 11.6 Å². The maximum Gasteiger partial charge on any atom is 0.226 e. The van der Waals surface area contributed by atoms with Crippen LogP contribution in [0.25, 0.3) is 22.5 Å². The molecule has 0 atom stereocenters. The van der Waals surface area contributed by atoms with Gasteiger partial charge in [-0.2, -0.15) is 4.98 Å². The lowest BCUT2D eigenvalue weighted by Crippen LogP contribution is -2.17. The van der Waals surface area contributed by atoms with Gasteiger partial charge in [-0.25, -0.2) is 9.97 Å². The summed E-state index contributed by atoms with van der Waals surface area (Å²) in [4.78, 5) is 13.1. The molecule has 0 fully saturated rings. The van der Waals surface area contributed by atoms with Crippen molar-refractivity contribution in [3.05, 3.63) is 65.7 Å². The summed E-state index contributed by atoms with van der Waals surface area (Å²) in [6, 6.07) is 18.4. The molecule has 4 heteroatoms. The summed E-state index contributed by atoms with van der Waals surface area (Å²) < 4.78 is 0. The minimum absolute atomic E-state index is 0.175. The van der Waals surface area contributed by atoms with Gasteiger partial charge in [0.05, 0.1) is 0 Å². The molecule has 116 valence electrons. The van der Waals surface area contributed by atoms with Gasteiger partial charge in [0.15, 0.2) is 5.82 Å². The van der Waals surface area contributed by atoms with E-state index in [1.807, 2.05) is 30.3 Å². The number of nitrogens with zero attached hydrogens (tertiary/aromatic N) is 3. The molecule has 0 saturated heterocycles. The van der Waals surface area contributed by atoms with Crippen molar-refractivity contribution in [3.63, 3.8) is 0 Å². The van der Waals surface area contributed by atoms with Crippen LogP contribution in [-0.2, 0) is 5.41 Å². The number of aromatic nitrogens is 3. The minimum Gasteiger partial charge on any atom is -0.212 e. The Bertz CT molecular complexity index is 806. The zero-order valence-corrected chi connectivity index (χ0v) is 14.2. The van der Waals surface area contributed by atoms with Crippen molar-refractivity contribution in [2.75, 3.05) is 0 Å². The van der Waals surface area contributed by atoms with Crippen LogP contribution >= 0.6 is 11.6 Å². The van der Waals surface area contributed by atoms with Crippen LogP contribution in [0.15, 0.2) is 54.6 Å². The third-order valence-corrected chi connectivity index (χ3v) is 3.70. The van der Waals surface area contributed by atoms with Crippen LogP contribution in [0.5, 0.6) is 0 Å². The lowest BCUT2D eigenvalue weighted by molar-refractivity contribution is 0.542. The van der Waals surface area contributed by atoms with E-state index in [0.717, 1.165) is 11.1 Å². The summed E-state index contributed by atoms with van der Waals surface area (Å²) in [6.07, 6.45) is 0. The Morgan fingerprint density at radius 3 is 1.87 bits per heavy atom. The molecule has 0 spiro atoms. The van der Waals surface area contributed by atoms with E-state index in [1.165, 1.54) is 5.56 Å². The molecule has 1 aromatic heterocycles. The van der Waals surface area contributed by atoms with Gasteiger partial charge in [-0.3, -0.25) is 0 Å². The molecule has 0 amide bonds. The van der Waals surface area contributed by atoms with Gasteiger partial charge in [0.2, 0.25) is 5.28 Å². The van der Waals surface area contributed by atoms with E-state index in [4.69, 9.17) is 11.6 Å². The molecule has 0 bridgehead atoms. The van der Waals surface area contributed by atoms with E-state index >= 15 is 0 Å². The van der Waals surface area contributed by atoms with Crippen molar-refractivity contribution in [1.82, 2.24) is 15.0 Å². The van der Waals surface area contributed by atoms with Crippen LogP contribution in [0, 0.1) is 0 Å². The fourth-order valence-electron chi connectivity index (χ4n) is 2.26. The van der Waals surface area contributed by atoms with Crippen LogP contribution in [0.1, 0.15) is 26.6 Å². The highest BCUT2D eigenvalue weighted by molar-refractivity contribution is 6.28. The topological polar surface area (TPSA) is 38.7 Å². The first-order valence-corrected chi connectivity index (χ1v) is 7.89. The number of hydrogen-bond acceptors (Lipinski definition) is 3. The lowest BCUT2D eigenvalue weighted by Gasteiger charge is -2.17. The Hall–Kier alpha value is -2.26. The van der Waals surface area contributed by atoms with Gasteiger partial charge < -0.3 is 0 Å². The Balaban J connectivity index is 1.98. The zero-order chi connectivity index (χ0) is 16.4. The number of hydrogen-bond donors (Lipinski definition) is 0. The Morgan fingerprint density at radius 2 is 1.26 bits per heavy atom. The molecule has 0 saturated carbocycles. The number of benzene rings is 2. The standard InChI is InChI=1S/C19H18ClN3/c1-19(2,3)17-21-16(22-18(20)23-17)15-11-9-14(10-12-15)13-7-5-4-6-8-13/h4-12H,1-3H3. The average molecular weight is 324 g/mol. The van der Waals surface area contributed by atoms with Gasteiger partial charge in [-0.1, -0.05) is 75.4 Å². The van der Waals surface area contributed by atoms with Gasteiger partial charge in [0.25, 0.3) is 0 Å². The van der Waals surface area contributed by atoms with E-state index in [9.17, 15) is 0 Å². The molecule has 0 aliphatic heterocycles. The largest absolute Gasteiger partial charge is 0.226 e. The van der Waals surface area contributed by atoms with Crippen molar-refractivity contribution in [2.45, 2.75) is 26.2 Å². The molecule has 0 N–H and O–H groups in total. The first-order chi connectivity index (χ1) is 10.9. The summed E-state index contributed by atoms with van der Waals surface area (Å²) in [6.45, 7) is 6.17. The molecule has 0 radical (unpaired) electrons. The first-order valence-electron chi connectivity index (χ1n) is 7.51. The smallest absolute Gasteiger partial charge is 0.212 e. The van der Waals surface area contributed by atoms with E-state index < -0.39 is 0 Å². The maximum atomic E-state index is 6.07. The Kier molecular flexibility index (Phi) is 4.14. The fourth-order valence-corrected chi connectivity index (χ4v) is 2.42. The highest BCUT2D eigenvalue weighted by atomic mass is 35.5. The molecule has 1 heterocycles. The molecular weight excluding hydrogens is 306 g/mol. The van der Waals surface area contributed by atoms with Crippen molar-refractivity contribution in [2.24, 2.45) is 0 Å². The summed E-state index contributed by atoms with van der Waals surface area (Å²) in [5, 5.41) is 0.229. The predicted molar refractivity (Wildman–Crippen MR) is 94.4 cm³/mol. The second-order valence-electron chi connectivity index (χ2n) is 6.45. The highest BCUT2D eigenvalue weighted by Crippen LogP contribution is 2.25. The first kappa shape index (κ1) is 15.6. The highest BCUT2D eigenvalue weighted by Gasteiger charge is 2.20. The molecular formula is C19H18ClN3. The summed E-state index contributed by atoms with van der Waals surface area (Å²) in [5.74, 6) is 1.30. The predicted octanol–water partition coefficient (Wildman–Crippen LogP) is 5.16. The lowest BCUT2D eigenvalue weighted by atomic mass is 9.96. The SMILES string of the molecule is CC(C)(C)c1nc(Cl)nc(-c2ccc(-c3ccccc3)cc2)n1. The van der Waals surface area contributed by atoms with Gasteiger partial charge in [-0.15, -0.1) is 0 Å². The minimum atomic E-state index is -0.175. The monoisotopic (exact) mass is 323 g/mol. The zero-order valence-electron chi connectivity index (χ0n) is 13.4. The van der Waals surface area contributed by atoms with E-state index in [1.54, 1.807) is 0 Å². The molecule has 3 rings (SSSR count). The molecule has 2 aromatic carbocycles. The fraction of sp³-hybridized carbons (Fsp3) is 0.211. The van der Waals surface area contributed by atoms with Crippen LogP contribution in [0.4, 0.5) is 0 Å².